The van der Waals surface area contributed by atoms with Crippen molar-refractivity contribution in [3.63, 3.8) is 0 Å². The molecule has 0 saturated heterocycles. The maximum Gasteiger partial charge on any atom is 0.229 e. The van der Waals surface area contributed by atoms with Gasteiger partial charge in [-0.15, -0.1) is 0 Å². The minimum atomic E-state index is -0.448. The highest BCUT2D eigenvalue weighted by Gasteiger charge is 2.28. The van der Waals surface area contributed by atoms with Gasteiger partial charge in [-0.1, -0.05) is 30.3 Å². The van der Waals surface area contributed by atoms with Gasteiger partial charge in [0.1, 0.15) is 0 Å². The number of amides is 1. The zero-order valence-electron chi connectivity index (χ0n) is 9.74. The summed E-state index contributed by atoms with van der Waals surface area (Å²) in [6, 6.07) is 9.77. The first kappa shape index (κ1) is 13.7. The monoisotopic (exact) mass is 209 g/mol. The number of carbonyl (C=O) groups excluding carboxylic acids is 1. The van der Waals surface area contributed by atoms with Gasteiger partial charge in [-0.2, -0.15) is 0 Å². The standard InChI is InChI=1S/C11H15NO.CH4O/c1-11(2,10(13)12-3)9-7-5-4-6-8-9;1-2/h4-8H,1-3H3,(H,12,13);2H,1H3. The third-order valence-corrected chi connectivity index (χ3v) is 2.29. The average Bonchev–Trinajstić information content (AvgIpc) is 2.31. The molecule has 0 aliphatic heterocycles. The van der Waals surface area contributed by atoms with Gasteiger partial charge >= 0.3 is 0 Å². The fourth-order valence-electron chi connectivity index (χ4n) is 1.30. The van der Waals surface area contributed by atoms with E-state index >= 15 is 0 Å². The van der Waals surface area contributed by atoms with Crippen LogP contribution in [0.25, 0.3) is 0 Å². The van der Waals surface area contributed by atoms with Crippen molar-refractivity contribution in [1.82, 2.24) is 5.32 Å². The van der Waals surface area contributed by atoms with Crippen molar-refractivity contribution in [2.75, 3.05) is 14.2 Å². The SMILES string of the molecule is CNC(=O)C(C)(C)c1ccccc1.CO. The van der Waals surface area contributed by atoms with Crippen molar-refractivity contribution in [1.29, 1.82) is 0 Å². The van der Waals surface area contributed by atoms with Crippen LogP contribution < -0.4 is 5.32 Å². The Kier molecular flexibility index (Phi) is 5.64. The molecule has 0 unspecified atom stereocenters. The highest BCUT2D eigenvalue weighted by Crippen LogP contribution is 2.22. The molecule has 2 N–H and O–H groups in total. The predicted molar refractivity (Wildman–Crippen MR) is 61.7 cm³/mol. The summed E-state index contributed by atoms with van der Waals surface area (Å²) in [5, 5.41) is 9.66. The van der Waals surface area contributed by atoms with Crippen molar-refractivity contribution < 1.29 is 9.90 Å². The van der Waals surface area contributed by atoms with Gasteiger partial charge < -0.3 is 10.4 Å². The van der Waals surface area contributed by atoms with E-state index in [0.717, 1.165) is 12.7 Å². The minimum Gasteiger partial charge on any atom is -0.400 e. The quantitative estimate of drug-likeness (QED) is 0.771. The highest BCUT2D eigenvalue weighted by molar-refractivity contribution is 5.86. The molecule has 84 valence electrons. The van der Waals surface area contributed by atoms with Crippen LogP contribution in [-0.2, 0) is 10.2 Å². The summed E-state index contributed by atoms with van der Waals surface area (Å²) in [7, 11) is 2.66. The molecular formula is C12H19NO2. The van der Waals surface area contributed by atoms with Crippen LogP contribution in [-0.4, -0.2) is 25.2 Å². The molecule has 15 heavy (non-hydrogen) atoms. The summed E-state index contributed by atoms with van der Waals surface area (Å²) in [6.45, 7) is 3.84. The number of hydrogen-bond donors (Lipinski definition) is 2. The predicted octanol–water partition coefficient (Wildman–Crippen LogP) is 1.32. The Balaban J connectivity index is 0.000000921. The number of nitrogens with one attached hydrogen (secondary N) is 1. The number of carbonyl (C=O) groups is 1. The molecule has 3 nitrogen and oxygen atoms in total. The summed E-state index contributed by atoms with van der Waals surface area (Å²) in [5.74, 6) is 0.0405. The van der Waals surface area contributed by atoms with E-state index in [0.29, 0.717) is 0 Å². The molecule has 3 heteroatoms. The third kappa shape index (κ3) is 3.36. The molecule has 1 aromatic rings. The van der Waals surface area contributed by atoms with Crippen LogP contribution in [0.2, 0.25) is 0 Å². The van der Waals surface area contributed by atoms with Crippen molar-refractivity contribution in [3.8, 4) is 0 Å². The lowest BCUT2D eigenvalue weighted by atomic mass is 9.84. The van der Waals surface area contributed by atoms with Crippen LogP contribution in [0.1, 0.15) is 19.4 Å². The van der Waals surface area contributed by atoms with E-state index in [1.54, 1.807) is 7.05 Å². The first-order valence-corrected chi connectivity index (χ1v) is 4.81. The van der Waals surface area contributed by atoms with Gasteiger partial charge in [-0.05, 0) is 19.4 Å². The van der Waals surface area contributed by atoms with Gasteiger partial charge in [-0.25, -0.2) is 0 Å². The van der Waals surface area contributed by atoms with Gasteiger partial charge in [-0.3, -0.25) is 4.79 Å². The van der Waals surface area contributed by atoms with E-state index in [4.69, 9.17) is 5.11 Å². The van der Waals surface area contributed by atoms with Crippen LogP contribution in [0.15, 0.2) is 30.3 Å². The lowest BCUT2D eigenvalue weighted by molar-refractivity contribution is -0.125. The summed E-state index contributed by atoms with van der Waals surface area (Å²) < 4.78 is 0. The first-order chi connectivity index (χ1) is 7.09. The van der Waals surface area contributed by atoms with E-state index in [1.807, 2.05) is 44.2 Å². The number of hydrogen-bond acceptors (Lipinski definition) is 2. The van der Waals surface area contributed by atoms with Gasteiger partial charge in [0.25, 0.3) is 0 Å². The molecule has 0 radical (unpaired) electrons. The van der Waals surface area contributed by atoms with Gasteiger partial charge in [0.15, 0.2) is 0 Å². The van der Waals surface area contributed by atoms with Crippen LogP contribution in [0, 0.1) is 0 Å². The zero-order chi connectivity index (χ0) is 11.9. The van der Waals surface area contributed by atoms with Crippen molar-refractivity contribution >= 4 is 5.91 Å². The van der Waals surface area contributed by atoms with Gasteiger partial charge in [0.05, 0.1) is 5.41 Å². The number of aliphatic hydroxyl groups is 1. The molecular weight excluding hydrogens is 190 g/mol. The number of benzene rings is 1. The highest BCUT2D eigenvalue weighted by atomic mass is 16.2. The van der Waals surface area contributed by atoms with E-state index in [-0.39, 0.29) is 5.91 Å². The second kappa shape index (κ2) is 6.19. The minimum absolute atomic E-state index is 0.0405. The van der Waals surface area contributed by atoms with Crippen LogP contribution in [0.4, 0.5) is 0 Å². The number of rotatable bonds is 2. The van der Waals surface area contributed by atoms with E-state index in [1.165, 1.54) is 0 Å². The van der Waals surface area contributed by atoms with E-state index < -0.39 is 5.41 Å². The summed E-state index contributed by atoms with van der Waals surface area (Å²) >= 11 is 0. The van der Waals surface area contributed by atoms with E-state index in [2.05, 4.69) is 5.32 Å². The fraction of sp³-hybridized carbons (Fsp3) is 0.417. The van der Waals surface area contributed by atoms with Crippen LogP contribution >= 0.6 is 0 Å². The Hall–Kier alpha value is -1.35. The molecule has 0 atom stereocenters. The Morgan fingerprint density at radius 2 is 1.67 bits per heavy atom. The maximum atomic E-state index is 11.5. The summed E-state index contributed by atoms with van der Waals surface area (Å²) in [5.41, 5.74) is 0.588. The Labute approximate surface area is 91.1 Å². The summed E-state index contributed by atoms with van der Waals surface area (Å²) in [4.78, 5) is 11.5. The second-order valence-electron chi connectivity index (χ2n) is 3.57. The lowest BCUT2D eigenvalue weighted by Crippen LogP contribution is -2.37. The zero-order valence-corrected chi connectivity index (χ0v) is 9.74. The Morgan fingerprint density at radius 3 is 2.07 bits per heavy atom. The molecule has 1 amide bonds. The molecule has 0 fully saturated rings. The topological polar surface area (TPSA) is 49.3 Å². The first-order valence-electron chi connectivity index (χ1n) is 4.81. The molecule has 0 heterocycles. The van der Waals surface area contributed by atoms with Crippen molar-refractivity contribution in [2.45, 2.75) is 19.3 Å². The van der Waals surface area contributed by atoms with Crippen LogP contribution in [0.5, 0.6) is 0 Å². The van der Waals surface area contributed by atoms with Gasteiger partial charge in [0, 0.05) is 14.2 Å². The third-order valence-electron chi connectivity index (χ3n) is 2.29. The molecule has 0 aromatic heterocycles. The Bertz CT molecular complexity index is 294. The smallest absolute Gasteiger partial charge is 0.229 e. The second-order valence-corrected chi connectivity index (χ2v) is 3.57. The maximum absolute atomic E-state index is 11.5. The van der Waals surface area contributed by atoms with E-state index in [9.17, 15) is 4.79 Å². The average molecular weight is 209 g/mol. The normalized spacial score (nSPS) is 9.93. The number of likely N-dealkylation sites (N-methyl/N-ethyl adjacent to an activating group) is 1. The van der Waals surface area contributed by atoms with Crippen molar-refractivity contribution in [3.05, 3.63) is 35.9 Å². The number of aliphatic hydroxyl groups excluding tert-OH is 1. The van der Waals surface area contributed by atoms with Gasteiger partial charge in [0.2, 0.25) is 5.91 Å². The lowest BCUT2D eigenvalue weighted by Gasteiger charge is -2.22. The fourth-order valence-corrected chi connectivity index (χ4v) is 1.30. The Morgan fingerprint density at radius 1 is 1.20 bits per heavy atom. The van der Waals surface area contributed by atoms with Crippen molar-refractivity contribution in [2.24, 2.45) is 0 Å². The largest absolute Gasteiger partial charge is 0.400 e. The molecule has 1 aromatic carbocycles. The molecule has 0 spiro atoms. The molecule has 0 aliphatic rings. The molecule has 0 bridgehead atoms. The molecule has 0 saturated carbocycles. The molecule has 1 rings (SSSR count). The molecule has 0 aliphatic carbocycles. The summed E-state index contributed by atoms with van der Waals surface area (Å²) in [6.07, 6.45) is 0. The van der Waals surface area contributed by atoms with Crippen LogP contribution in [0.3, 0.4) is 0 Å².